The molecule has 202 valence electrons. The number of carbonyl (C=O) groups excluding carboxylic acids is 5. The number of nitrogens with zero attached hydrogens (tertiary/aromatic N) is 1. The van der Waals surface area contributed by atoms with Crippen LogP contribution in [0, 0.1) is 0 Å². The Morgan fingerprint density at radius 1 is 1.00 bits per heavy atom. The number of fused-ring (bicyclic) bond motifs is 2. The molecule has 0 bridgehead atoms. The number of carbonyl (C=O) groups is 5. The largest absolute Gasteiger partial charge is 0.343 e. The van der Waals surface area contributed by atoms with Crippen LogP contribution in [0.3, 0.4) is 0 Å². The molecule has 2 aliphatic rings. The molecule has 4 amide bonds. The summed E-state index contributed by atoms with van der Waals surface area (Å²) >= 11 is 0. The molecular formula is C29H36N4O5. The highest BCUT2D eigenvalue weighted by atomic mass is 16.2. The molecule has 38 heavy (non-hydrogen) atoms. The summed E-state index contributed by atoms with van der Waals surface area (Å²) in [6.45, 7) is 3.79. The summed E-state index contributed by atoms with van der Waals surface area (Å²) in [4.78, 5) is 66.4. The normalized spacial score (nSPS) is 26.6. The van der Waals surface area contributed by atoms with Gasteiger partial charge in [0.1, 0.15) is 30.0 Å². The van der Waals surface area contributed by atoms with Crippen LogP contribution in [0.5, 0.6) is 0 Å². The number of aldehydes is 1. The van der Waals surface area contributed by atoms with Gasteiger partial charge in [0, 0.05) is 19.4 Å². The van der Waals surface area contributed by atoms with E-state index in [0.29, 0.717) is 25.8 Å². The van der Waals surface area contributed by atoms with Crippen LogP contribution in [-0.2, 0) is 30.4 Å². The molecule has 3 N–H and O–H groups in total. The number of unbranched alkanes of at least 4 members (excludes halogenated alkanes) is 1. The molecule has 4 atom stereocenters. The van der Waals surface area contributed by atoms with Crippen molar-refractivity contribution in [2.45, 2.75) is 82.5 Å². The van der Waals surface area contributed by atoms with Crippen LogP contribution in [0.4, 0.5) is 0 Å². The smallest absolute Gasteiger partial charge is 0.246 e. The Morgan fingerprint density at radius 2 is 1.76 bits per heavy atom. The van der Waals surface area contributed by atoms with E-state index in [1.165, 1.54) is 4.90 Å². The highest BCUT2D eigenvalue weighted by molar-refractivity contribution is 5.99. The van der Waals surface area contributed by atoms with Gasteiger partial charge in [-0.2, -0.15) is 0 Å². The molecular weight excluding hydrogens is 484 g/mol. The number of hydrogen-bond acceptors (Lipinski definition) is 5. The highest BCUT2D eigenvalue weighted by Gasteiger charge is 2.43. The van der Waals surface area contributed by atoms with Crippen LogP contribution in [0.2, 0.25) is 0 Å². The second kappa shape index (κ2) is 11.8. The van der Waals surface area contributed by atoms with Gasteiger partial charge in [0.25, 0.3) is 0 Å². The lowest BCUT2D eigenvalue weighted by atomic mass is 9.94. The van der Waals surface area contributed by atoms with Crippen LogP contribution < -0.4 is 16.0 Å². The maximum absolute atomic E-state index is 13.9. The minimum absolute atomic E-state index is 0.252. The van der Waals surface area contributed by atoms with Crippen molar-refractivity contribution in [2.75, 3.05) is 6.54 Å². The second-order valence-corrected chi connectivity index (χ2v) is 10.4. The van der Waals surface area contributed by atoms with Gasteiger partial charge in [-0.15, -0.1) is 0 Å². The summed E-state index contributed by atoms with van der Waals surface area (Å²) in [5.41, 5.74) is -0.414. The van der Waals surface area contributed by atoms with E-state index >= 15 is 0 Å². The first-order valence-electron chi connectivity index (χ1n) is 13.4. The Balaban J connectivity index is 1.67. The third kappa shape index (κ3) is 5.87. The zero-order chi connectivity index (χ0) is 27.3. The molecule has 9 nitrogen and oxygen atoms in total. The summed E-state index contributed by atoms with van der Waals surface area (Å²) < 4.78 is 0. The molecule has 0 radical (unpaired) electrons. The SMILES string of the molecule is CC[C@]1(C)NC(=O)[C@H](CCCC=O)NC(=O)[C@H]2CCCN2C(=O)[C@H](Cc2ccc3ccccc3c2)NC1=O. The van der Waals surface area contributed by atoms with Gasteiger partial charge in [0.05, 0.1) is 0 Å². The van der Waals surface area contributed by atoms with Crippen molar-refractivity contribution in [1.29, 1.82) is 0 Å². The van der Waals surface area contributed by atoms with Gasteiger partial charge in [-0.05, 0) is 55.4 Å². The number of amides is 4. The molecule has 0 unspecified atom stereocenters. The van der Waals surface area contributed by atoms with E-state index in [2.05, 4.69) is 16.0 Å². The molecule has 0 saturated carbocycles. The van der Waals surface area contributed by atoms with Crippen molar-refractivity contribution < 1.29 is 24.0 Å². The van der Waals surface area contributed by atoms with E-state index in [9.17, 15) is 24.0 Å². The molecule has 4 rings (SSSR count). The summed E-state index contributed by atoms with van der Waals surface area (Å²) in [7, 11) is 0. The minimum Gasteiger partial charge on any atom is -0.343 e. The van der Waals surface area contributed by atoms with E-state index in [-0.39, 0.29) is 31.6 Å². The molecule has 0 spiro atoms. The van der Waals surface area contributed by atoms with Gasteiger partial charge in [-0.3, -0.25) is 19.2 Å². The molecule has 2 aliphatic heterocycles. The molecule has 2 fully saturated rings. The van der Waals surface area contributed by atoms with Crippen molar-refractivity contribution in [1.82, 2.24) is 20.9 Å². The number of hydrogen-bond donors (Lipinski definition) is 3. The second-order valence-electron chi connectivity index (χ2n) is 10.4. The number of rotatable bonds is 7. The first-order valence-corrected chi connectivity index (χ1v) is 13.4. The van der Waals surface area contributed by atoms with Crippen LogP contribution in [0.1, 0.15) is 57.9 Å². The van der Waals surface area contributed by atoms with Crippen molar-refractivity contribution in [3.8, 4) is 0 Å². The third-order valence-electron chi connectivity index (χ3n) is 7.75. The monoisotopic (exact) mass is 520 g/mol. The van der Waals surface area contributed by atoms with Crippen molar-refractivity contribution in [3.05, 3.63) is 48.0 Å². The average molecular weight is 521 g/mol. The van der Waals surface area contributed by atoms with Gasteiger partial charge in [-0.25, -0.2) is 0 Å². The number of nitrogens with one attached hydrogen (secondary N) is 3. The highest BCUT2D eigenvalue weighted by Crippen LogP contribution is 2.23. The lowest BCUT2D eigenvalue weighted by Gasteiger charge is -2.35. The maximum Gasteiger partial charge on any atom is 0.246 e. The predicted molar refractivity (Wildman–Crippen MR) is 143 cm³/mol. The molecule has 2 aromatic carbocycles. The van der Waals surface area contributed by atoms with Crippen molar-refractivity contribution in [3.63, 3.8) is 0 Å². The molecule has 9 heteroatoms. The van der Waals surface area contributed by atoms with Gasteiger partial charge in [0.2, 0.25) is 23.6 Å². The van der Waals surface area contributed by atoms with E-state index < -0.39 is 41.4 Å². The van der Waals surface area contributed by atoms with Crippen LogP contribution in [-0.4, -0.2) is 65.0 Å². The van der Waals surface area contributed by atoms with Crippen molar-refractivity contribution in [2.24, 2.45) is 0 Å². The Bertz CT molecular complexity index is 1230. The summed E-state index contributed by atoms with van der Waals surface area (Å²) in [6, 6.07) is 11.3. The lowest BCUT2D eigenvalue weighted by molar-refractivity contribution is -0.144. The van der Waals surface area contributed by atoms with Crippen molar-refractivity contribution >= 4 is 40.7 Å². The van der Waals surface area contributed by atoms with Gasteiger partial charge in [0.15, 0.2) is 0 Å². The fourth-order valence-electron chi connectivity index (χ4n) is 5.23. The standard InChI is InChI=1S/C29H36N4O5/c1-3-29(2)28(38)31-23(18-19-13-14-20-9-4-5-10-21(20)17-19)27(37)33-15-8-12-24(33)26(36)30-22(25(35)32-29)11-6-7-16-34/h4-5,9-10,13-14,16-17,22-24H,3,6-8,11-12,15,18H2,1-2H3,(H,30,36)(H,31,38)(H,32,35)/t22-,23-,24+,29-/m0/s1. The Kier molecular flexibility index (Phi) is 8.44. The Labute approximate surface area is 222 Å². The summed E-state index contributed by atoms with van der Waals surface area (Å²) in [5, 5.41) is 10.6. The minimum atomic E-state index is -1.30. The van der Waals surface area contributed by atoms with Crippen LogP contribution in [0.15, 0.2) is 42.5 Å². The maximum atomic E-state index is 13.9. The fraction of sp³-hybridized carbons (Fsp3) is 0.483. The number of benzene rings is 2. The third-order valence-corrected chi connectivity index (χ3v) is 7.75. The first kappa shape index (κ1) is 27.3. The van der Waals surface area contributed by atoms with Crippen LogP contribution >= 0.6 is 0 Å². The van der Waals surface area contributed by atoms with E-state index in [0.717, 1.165) is 22.6 Å². The summed E-state index contributed by atoms with van der Waals surface area (Å²) in [6.07, 6.45) is 3.35. The topological polar surface area (TPSA) is 125 Å². The fourth-order valence-corrected chi connectivity index (χ4v) is 5.23. The van der Waals surface area contributed by atoms with Crippen LogP contribution in [0.25, 0.3) is 10.8 Å². The van der Waals surface area contributed by atoms with Gasteiger partial charge < -0.3 is 25.6 Å². The zero-order valence-electron chi connectivity index (χ0n) is 22.0. The molecule has 2 saturated heterocycles. The Morgan fingerprint density at radius 3 is 2.50 bits per heavy atom. The lowest BCUT2D eigenvalue weighted by Crippen LogP contribution is -2.65. The zero-order valence-corrected chi connectivity index (χ0v) is 22.0. The summed E-state index contributed by atoms with van der Waals surface area (Å²) in [5.74, 6) is -1.64. The van der Waals surface area contributed by atoms with E-state index in [4.69, 9.17) is 0 Å². The molecule has 2 aromatic rings. The average Bonchev–Trinajstić information content (AvgIpc) is 3.41. The molecule has 2 heterocycles. The molecule has 0 aliphatic carbocycles. The van der Waals surface area contributed by atoms with Gasteiger partial charge in [-0.1, -0.05) is 49.4 Å². The molecule has 0 aromatic heterocycles. The first-order chi connectivity index (χ1) is 18.3. The van der Waals surface area contributed by atoms with E-state index in [1.54, 1.807) is 13.8 Å². The Hall–Kier alpha value is -3.75. The quantitative estimate of drug-likeness (QED) is 0.381. The predicted octanol–water partition coefficient (Wildman–Crippen LogP) is 2.01. The van der Waals surface area contributed by atoms with Gasteiger partial charge >= 0.3 is 0 Å². The van der Waals surface area contributed by atoms with E-state index in [1.807, 2.05) is 42.5 Å².